The van der Waals surface area contributed by atoms with Crippen molar-refractivity contribution in [2.24, 2.45) is 0 Å². The zero-order valence-corrected chi connectivity index (χ0v) is 20.9. The van der Waals surface area contributed by atoms with Gasteiger partial charge in [0.2, 0.25) is 0 Å². The Balaban J connectivity index is 1.20. The summed E-state index contributed by atoms with van der Waals surface area (Å²) in [4.78, 5) is 0. The Hall–Kier alpha value is -5.08. The van der Waals surface area contributed by atoms with E-state index in [-0.39, 0.29) is 0 Å². The molecule has 0 aliphatic rings. The van der Waals surface area contributed by atoms with E-state index in [4.69, 9.17) is 0 Å². The number of nitrogens with one attached hydrogen (secondary N) is 1. The zero-order valence-electron chi connectivity index (χ0n) is 20.9. The van der Waals surface area contributed by atoms with Crippen LogP contribution in [0.2, 0.25) is 0 Å². The van der Waals surface area contributed by atoms with E-state index in [9.17, 15) is 0 Å². The summed E-state index contributed by atoms with van der Waals surface area (Å²) >= 11 is 0. The smallest absolute Gasteiger partial charge is 0.0541 e. The Bertz CT molecular complexity index is 1810. The van der Waals surface area contributed by atoms with Gasteiger partial charge in [-0.2, -0.15) is 0 Å². The van der Waals surface area contributed by atoms with Gasteiger partial charge < -0.3 is 9.88 Å². The van der Waals surface area contributed by atoms with Gasteiger partial charge in [-0.1, -0.05) is 109 Å². The number of nitrogens with zero attached hydrogens (tertiary/aromatic N) is 1. The first kappa shape index (κ1) is 22.1. The number of hydrogen-bond donors (Lipinski definition) is 1. The molecule has 0 saturated carbocycles. The standard InChI is InChI=1S/C36H26N2/c1-2-10-26(11-3-1)27-18-20-28(21-19-27)31-12-4-7-15-34(31)37-29-22-24-30(25-23-29)38-35-16-8-5-13-32(35)33-14-6-9-17-36(33)38/h1-25,37H. The molecule has 0 aliphatic heterocycles. The fourth-order valence-electron chi connectivity index (χ4n) is 5.37. The maximum atomic E-state index is 3.65. The van der Waals surface area contributed by atoms with Crippen LogP contribution in [0.1, 0.15) is 0 Å². The average molecular weight is 487 g/mol. The van der Waals surface area contributed by atoms with Crippen molar-refractivity contribution in [1.29, 1.82) is 0 Å². The lowest BCUT2D eigenvalue weighted by Gasteiger charge is -2.14. The van der Waals surface area contributed by atoms with E-state index < -0.39 is 0 Å². The van der Waals surface area contributed by atoms with Crippen LogP contribution >= 0.6 is 0 Å². The molecule has 2 heteroatoms. The third-order valence-corrected chi connectivity index (χ3v) is 7.21. The highest BCUT2D eigenvalue weighted by Crippen LogP contribution is 2.34. The summed E-state index contributed by atoms with van der Waals surface area (Å²) < 4.78 is 2.34. The van der Waals surface area contributed by atoms with Crippen LogP contribution < -0.4 is 5.32 Å². The van der Waals surface area contributed by atoms with Crippen molar-refractivity contribution in [2.45, 2.75) is 0 Å². The number of fused-ring (bicyclic) bond motifs is 3. The minimum atomic E-state index is 1.06. The van der Waals surface area contributed by atoms with Gasteiger partial charge in [0, 0.05) is 33.4 Å². The summed E-state index contributed by atoms with van der Waals surface area (Å²) in [6, 6.07) is 53.7. The van der Waals surface area contributed by atoms with E-state index in [0.29, 0.717) is 0 Å². The van der Waals surface area contributed by atoms with Crippen molar-refractivity contribution in [3.05, 3.63) is 152 Å². The molecular formula is C36H26N2. The fraction of sp³-hybridized carbons (Fsp3) is 0. The Labute approximate surface area is 222 Å². The first-order valence-corrected chi connectivity index (χ1v) is 13.0. The minimum absolute atomic E-state index is 1.06. The number of hydrogen-bond acceptors (Lipinski definition) is 1. The number of rotatable bonds is 5. The number of aromatic nitrogens is 1. The highest BCUT2D eigenvalue weighted by Gasteiger charge is 2.11. The molecule has 38 heavy (non-hydrogen) atoms. The Morgan fingerprint density at radius 3 is 1.61 bits per heavy atom. The Kier molecular flexibility index (Phi) is 5.49. The molecule has 0 bridgehead atoms. The average Bonchev–Trinajstić information content (AvgIpc) is 3.33. The molecular weight excluding hydrogens is 460 g/mol. The van der Waals surface area contributed by atoms with Crippen molar-refractivity contribution in [3.63, 3.8) is 0 Å². The molecule has 0 unspecified atom stereocenters. The monoisotopic (exact) mass is 486 g/mol. The van der Waals surface area contributed by atoms with Gasteiger partial charge >= 0.3 is 0 Å². The van der Waals surface area contributed by atoms with Gasteiger partial charge in [0.05, 0.1) is 11.0 Å². The summed E-state index contributed by atoms with van der Waals surface area (Å²) in [6.45, 7) is 0. The summed E-state index contributed by atoms with van der Waals surface area (Å²) in [5, 5.41) is 6.21. The molecule has 7 aromatic rings. The lowest BCUT2D eigenvalue weighted by Crippen LogP contribution is -1.96. The molecule has 0 amide bonds. The predicted octanol–water partition coefficient (Wildman–Crippen LogP) is 9.86. The molecule has 2 nitrogen and oxygen atoms in total. The second kappa shape index (κ2) is 9.42. The van der Waals surface area contributed by atoms with Crippen LogP contribution in [0.3, 0.4) is 0 Å². The number of para-hydroxylation sites is 3. The normalized spacial score (nSPS) is 11.2. The highest BCUT2D eigenvalue weighted by atomic mass is 15.0. The lowest BCUT2D eigenvalue weighted by atomic mass is 9.99. The molecule has 1 aromatic heterocycles. The topological polar surface area (TPSA) is 17.0 Å². The maximum absolute atomic E-state index is 3.65. The lowest BCUT2D eigenvalue weighted by molar-refractivity contribution is 1.18. The molecule has 7 rings (SSSR count). The van der Waals surface area contributed by atoms with E-state index in [0.717, 1.165) is 17.1 Å². The summed E-state index contributed by atoms with van der Waals surface area (Å²) in [7, 11) is 0. The second-order valence-corrected chi connectivity index (χ2v) is 9.53. The van der Waals surface area contributed by atoms with E-state index >= 15 is 0 Å². The zero-order chi connectivity index (χ0) is 25.3. The minimum Gasteiger partial charge on any atom is -0.355 e. The Morgan fingerprint density at radius 2 is 0.921 bits per heavy atom. The SMILES string of the molecule is c1ccc(-c2ccc(-c3ccccc3Nc3ccc(-n4c5ccccc5c5ccccc54)cc3)cc2)cc1. The van der Waals surface area contributed by atoms with Gasteiger partial charge in [0.1, 0.15) is 0 Å². The molecule has 0 spiro atoms. The van der Waals surface area contributed by atoms with Gasteiger partial charge in [-0.25, -0.2) is 0 Å². The van der Waals surface area contributed by atoms with E-state index in [1.54, 1.807) is 0 Å². The van der Waals surface area contributed by atoms with Crippen molar-refractivity contribution < 1.29 is 0 Å². The maximum Gasteiger partial charge on any atom is 0.0541 e. The van der Waals surface area contributed by atoms with Crippen LogP contribution in [-0.2, 0) is 0 Å². The third kappa shape index (κ3) is 3.93. The van der Waals surface area contributed by atoms with Gasteiger partial charge in [0.15, 0.2) is 0 Å². The van der Waals surface area contributed by atoms with Crippen LogP contribution in [0, 0.1) is 0 Å². The van der Waals surface area contributed by atoms with Crippen LogP contribution in [0.15, 0.2) is 152 Å². The fourth-order valence-corrected chi connectivity index (χ4v) is 5.37. The molecule has 0 radical (unpaired) electrons. The van der Waals surface area contributed by atoms with Gasteiger partial charge in [0.25, 0.3) is 0 Å². The third-order valence-electron chi connectivity index (χ3n) is 7.21. The van der Waals surface area contributed by atoms with Gasteiger partial charge in [-0.3, -0.25) is 0 Å². The first-order chi connectivity index (χ1) is 18.8. The van der Waals surface area contributed by atoms with Crippen LogP contribution in [0.25, 0.3) is 49.7 Å². The molecule has 0 atom stereocenters. The van der Waals surface area contributed by atoms with E-state index in [1.165, 1.54) is 44.1 Å². The predicted molar refractivity (Wildman–Crippen MR) is 161 cm³/mol. The molecule has 1 heterocycles. The van der Waals surface area contributed by atoms with Gasteiger partial charge in [-0.15, -0.1) is 0 Å². The van der Waals surface area contributed by atoms with Crippen molar-refractivity contribution in [2.75, 3.05) is 5.32 Å². The molecule has 1 N–H and O–H groups in total. The van der Waals surface area contributed by atoms with Crippen LogP contribution in [0.4, 0.5) is 11.4 Å². The second-order valence-electron chi connectivity index (χ2n) is 9.53. The van der Waals surface area contributed by atoms with Crippen LogP contribution in [-0.4, -0.2) is 4.57 Å². The quantitative estimate of drug-likeness (QED) is 0.256. The molecule has 6 aromatic carbocycles. The van der Waals surface area contributed by atoms with E-state index in [1.807, 2.05) is 0 Å². The summed E-state index contributed by atoms with van der Waals surface area (Å²) in [5.74, 6) is 0. The van der Waals surface area contributed by atoms with Gasteiger partial charge in [-0.05, 0) is 59.2 Å². The van der Waals surface area contributed by atoms with Crippen molar-refractivity contribution >= 4 is 33.2 Å². The number of benzene rings is 6. The number of anilines is 2. The highest BCUT2D eigenvalue weighted by molar-refractivity contribution is 6.09. The molecule has 0 saturated heterocycles. The summed E-state index contributed by atoms with van der Waals surface area (Å²) in [5.41, 5.74) is 10.6. The Morgan fingerprint density at radius 1 is 0.395 bits per heavy atom. The van der Waals surface area contributed by atoms with Crippen LogP contribution in [0.5, 0.6) is 0 Å². The summed E-state index contributed by atoms with van der Waals surface area (Å²) in [6.07, 6.45) is 0. The molecule has 180 valence electrons. The van der Waals surface area contributed by atoms with Crippen molar-refractivity contribution in [3.8, 4) is 27.9 Å². The molecule has 0 aliphatic carbocycles. The van der Waals surface area contributed by atoms with Crippen molar-refractivity contribution in [1.82, 2.24) is 4.57 Å². The largest absolute Gasteiger partial charge is 0.355 e. The first-order valence-electron chi connectivity index (χ1n) is 13.0. The van der Waals surface area contributed by atoms with E-state index in [2.05, 4.69) is 162 Å². The molecule has 0 fully saturated rings.